The lowest BCUT2D eigenvalue weighted by Gasteiger charge is -2.04. The summed E-state index contributed by atoms with van der Waals surface area (Å²) < 4.78 is 0. The van der Waals surface area contributed by atoms with E-state index in [9.17, 15) is 0 Å². The molecule has 1 heteroatoms. The first-order valence-corrected chi connectivity index (χ1v) is 3.43. The molecule has 1 aliphatic rings. The molecular weight excluding hydrogens is 110 g/mol. The van der Waals surface area contributed by atoms with Crippen LogP contribution in [0.5, 0.6) is 0 Å². The maximum absolute atomic E-state index is 3.12. The summed E-state index contributed by atoms with van der Waals surface area (Å²) in [7, 11) is 1.98. The smallest absolute Gasteiger partial charge is 0.0199 e. The molecule has 0 heterocycles. The standard InChI is InChI=1S/C8H13N/c1-9-7-8-5-3-2-4-6-8/h3,5-6,9H,2,4,7H2,1H3. The van der Waals surface area contributed by atoms with E-state index >= 15 is 0 Å². The highest BCUT2D eigenvalue weighted by atomic mass is 14.8. The Morgan fingerprint density at radius 1 is 1.56 bits per heavy atom. The van der Waals surface area contributed by atoms with E-state index in [0.717, 1.165) is 6.54 Å². The van der Waals surface area contributed by atoms with E-state index in [4.69, 9.17) is 0 Å². The summed E-state index contributed by atoms with van der Waals surface area (Å²) in [4.78, 5) is 0. The van der Waals surface area contributed by atoms with Crippen molar-refractivity contribution in [1.29, 1.82) is 0 Å². The SMILES string of the molecule is CNCC1=CCCC=C1. The zero-order valence-electron chi connectivity index (χ0n) is 5.85. The highest BCUT2D eigenvalue weighted by Gasteiger charge is 1.93. The number of rotatable bonds is 2. The van der Waals surface area contributed by atoms with Crippen molar-refractivity contribution in [2.24, 2.45) is 0 Å². The maximum atomic E-state index is 3.12. The molecule has 0 aliphatic heterocycles. The van der Waals surface area contributed by atoms with E-state index in [1.54, 1.807) is 0 Å². The van der Waals surface area contributed by atoms with Gasteiger partial charge in [0.2, 0.25) is 0 Å². The van der Waals surface area contributed by atoms with Gasteiger partial charge in [0, 0.05) is 6.54 Å². The first-order chi connectivity index (χ1) is 4.43. The lowest BCUT2D eigenvalue weighted by molar-refractivity contribution is 0.874. The largest absolute Gasteiger partial charge is 0.316 e. The second-order valence-corrected chi connectivity index (χ2v) is 2.29. The van der Waals surface area contributed by atoms with Gasteiger partial charge in [-0.25, -0.2) is 0 Å². The van der Waals surface area contributed by atoms with Gasteiger partial charge >= 0.3 is 0 Å². The van der Waals surface area contributed by atoms with E-state index in [0.29, 0.717) is 0 Å². The molecule has 0 saturated heterocycles. The Kier molecular flexibility index (Phi) is 2.52. The third kappa shape index (κ3) is 2.02. The fourth-order valence-corrected chi connectivity index (χ4v) is 1.00. The van der Waals surface area contributed by atoms with E-state index < -0.39 is 0 Å². The molecule has 0 saturated carbocycles. The van der Waals surface area contributed by atoms with Gasteiger partial charge in [0.05, 0.1) is 0 Å². The second kappa shape index (κ2) is 3.46. The van der Waals surface area contributed by atoms with Crippen molar-refractivity contribution in [2.45, 2.75) is 12.8 Å². The van der Waals surface area contributed by atoms with Gasteiger partial charge in [-0.15, -0.1) is 0 Å². The van der Waals surface area contributed by atoms with Crippen LogP contribution in [0, 0.1) is 0 Å². The number of hydrogen-bond donors (Lipinski definition) is 1. The molecule has 0 aromatic heterocycles. The molecule has 0 unspecified atom stereocenters. The third-order valence-electron chi connectivity index (χ3n) is 1.45. The van der Waals surface area contributed by atoms with Gasteiger partial charge in [0.1, 0.15) is 0 Å². The van der Waals surface area contributed by atoms with Crippen LogP contribution in [0.1, 0.15) is 12.8 Å². The second-order valence-electron chi connectivity index (χ2n) is 2.29. The molecule has 0 amide bonds. The predicted octanol–water partition coefficient (Wildman–Crippen LogP) is 1.48. The summed E-state index contributed by atoms with van der Waals surface area (Å²) in [6.07, 6.45) is 9.14. The lowest BCUT2D eigenvalue weighted by Crippen LogP contribution is -2.09. The predicted molar refractivity (Wildman–Crippen MR) is 40.4 cm³/mol. The molecule has 0 fully saturated rings. The van der Waals surface area contributed by atoms with Crippen molar-refractivity contribution in [3.05, 3.63) is 23.8 Å². The molecule has 0 aromatic carbocycles. The summed E-state index contributed by atoms with van der Waals surface area (Å²) in [6, 6.07) is 0. The van der Waals surface area contributed by atoms with Gasteiger partial charge in [-0.1, -0.05) is 18.2 Å². The van der Waals surface area contributed by atoms with Gasteiger partial charge in [-0.3, -0.25) is 0 Å². The van der Waals surface area contributed by atoms with Gasteiger partial charge in [0.15, 0.2) is 0 Å². The average molecular weight is 123 g/mol. The van der Waals surface area contributed by atoms with Crippen LogP contribution >= 0.6 is 0 Å². The first-order valence-electron chi connectivity index (χ1n) is 3.43. The highest BCUT2D eigenvalue weighted by molar-refractivity contribution is 5.23. The van der Waals surface area contributed by atoms with E-state index in [1.165, 1.54) is 18.4 Å². The number of hydrogen-bond acceptors (Lipinski definition) is 1. The molecule has 0 atom stereocenters. The van der Waals surface area contributed by atoms with Gasteiger partial charge < -0.3 is 5.32 Å². The molecule has 0 bridgehead atoms. The van der Waals surface area contributed by atoms with Gasteiger partial charge in [0.25, 0.3) is 0 Å². The van der Waals surface area contributed by atoms with Crippen LogP contribution in [-0.4, -0.2) is 13.6 Å². The molecule has 1 nitrogen and oxygen atoms in total. The average Bonchev–Trinajstić information content (AvgIpc) is 1.91. The minimum absolute atomic E-state index is 1.01. The summed E-state index contributed by atoms with van der Waals surface area (Å²) in [6.45, 7) is 1.01. The summed E-state index contributed by atoms with van der Waals surface area (Å²) in [5.74, 6) is 0. The Morgan fingerprint density at radius 2 is 2.44 bits per heavy atom. The Hall–Kier alpha value is -0.560. The van der Waals surface area contributed by atoms with Crippen LogP contribution in [0.4, 0.5) is 0 Å². The van der Waals surface area contributed by atoms with E-state index in [-0.39, 0.29) is 0 Å². The number of likely N-dealkylation sites (N-methyl/N-ethyl adjacent to an activating group) is 1. The molecule has 0 spiro atoms. The van der Waals surface area contributed by atoms with Gasteiger partial charge in [-0.2, -0.15) is 0 Å². The van der Waals surface area contributed by atoms with Gasteiger partial charge in [-0.05, 0) is 25.5 Å². The molecule has 9 heavy (non-hydrogen) atoms. The zero-order valence-corrected chi connectivity index (χ0v) is 5.85. The van der Waals surface area contributed by atoms with Crippen molar-refractivity contribution in [1.82, 2.24) is 5.32 Å². The molecule has 1 aliphatic carbocycles. The Morgan fingerprint density at radius 3 is 3.00 bits per heavy atom. The fourth-order valence-electron chi connectivity index (χ4n) is 1.00. The Labute approximate surface area is 56.5 Å². The Bertz CT molecular complexity index is 134. The van der Waals surface area contributed by atoms with Crippen LogP contribution in [-0.2, 0) is 0 Å². The van der Waals surface area contributed by atoms with Crippen LogP contribution < -0.4 is 5.32 Å². The summed E-state index contributed by atoms with van der Waals surface area (Å²) >= 11 is 0. The summed E-state index contributed by atoms with van der Waals surface area (Å²) in [5, 5.41) is 3.12. The van der Waals surface area contributed by atoms with Crippen LogP contribution in [0.3, 0.4) is 0 Å². The van der Waals surface area contributed by atoms with Crippen LogP contribution in [0.25, 0.3) is 0 Å². The van der Waals surface area contributed by atoms with Crippen molar-refractivity contribution in [3.8, 4) is 0 Å². The molecule has 0 aromatic rings. The van der Waals surface area contributed by atoms with Crippen LogP contribution in [0.15, 0.2) is 23.8 Å². The number of allylic oxidation sites excluding steroid dienone is 2. The topological polar surface area (TPSA) is 12.0 Å². The van der Waals surface area contributed by atoms with Crippen molar-refractivity contribution < 1.29 is 0 Å². The van der Waals surface area contributed by atoms with Crippen molar-refractivity contribution >= 4 is 0 Å². The fraction of sp³-hybridized carbons (Fsp3) is 0.500. The van der Waals surface area contributed by atoms with Crippen LogP contribution in [0.2, 0.25) is 0 Å². The van der Waals surface area contributed by atoms with E-state index in [1.807, 2.05) is 7.05 Å². The molecule has 1 rings (SSSR count). The van der Waals surface area contributed by atoms with Crippen molar-refractivity contribution in [3.63, 3.8) is 0 Å². The monoisotopic (exact) mass is 123 g/mol. The summed E-state index contributed by atoms with van der Waals surface area (Å²) in [5.41, 5.74) is 1.42. The minimum atomic E-state index is 1.01. The molecule has 0 radical (unpaired) electrons. The molecular formula is C8H13N. The van der Waals surface area contributed by atoms with E-state index in [2.05, 4.69) is 23.5 Å². The molecule has 50 valence electrons. The zero-order chi connectivity index (χ0) is 6.53. The highest BCUT2D eigenvalue weighted by Crippen LogP contribution is 2.07. The number of nitrogens with one attached hydrogen (secondary N) is 1. The minimum Gasteiger partial charge on any atom is -0.316 e. The Balaban J connectivity index is 2.38. The normalized spacial score (nSPS) is 17.7. The quantitative estimate of drug-likeness (QED) is 0.586. The maximum Gasteiger partial charge on any atom is 0.0199 e. The van der Waals surface area contributed by atoms with Crippen molar-refractivity contribution in [2.75, 3.05) is 13.6 Å². The lowest BCUT2D eigenvalue weighted by atomic mass is 10.1. The molecule has 1 N–H and O–H groups in total. The third-order valence-corrected chi connectivity index (χ3v) is 1.45. The first kappa shape index (κ1) is 6.56.